The van der Waals surface area contributed by atoms with Gasteiger partial charge in [0, 0.05) is 0 Å². The van der Waals surface area contributed by atoms with Crippen molar-refractivity contribution in [2.75, 3.05) is 4.72 Å². The zero-order valence-electron chi connectivity index (χ0n) is 10.2. The Balaban J connectivity index is 2.13. The van der Waals surface area contributed by atoms with Crippen LogP contribution in [0.25, 0.3) is 11.0 Å². The van der Waals surface area contributed by atoms with Gasteiger partial charge in [-0.1, -0.05) is 41.4 Å². The zero-order valence-corrected chi connectivity index (χ0v) is 13.4. The van der Waals surface area contributed by atoms with Crippen molar-refractivity contribution in [3.05, 3.63) is 46.4 Å². The Morgan fingerprint density at radius 2 is 1.67 bits per heavy atom. The first-order chi connectivity index (χ1) is 9.99. The van der Waals surface area contributed by atoms with E-state index in [1.165, 1.54) is 18.2 Å². The summed E-state index contributed by atoms with van der Waals surface area (Å²) < 4.78 is 35.2. The Kier molecular flexibility index (Phi) is 3.75. The summed E-state index contributed by atoms with van der Waals surface area (Å²) in [5.41, 5.74) is 0.919. The van der Waals surface area contributed by atoms with E-state index in [4.69, 9.17) is 23.2 Å². The van der Waals surface area contributed by atoms with Gasteiger partial charge in [-0.25, -0.2) is 8.42 Å². The van der Waals surface area contributed by atoms with Gasteiger partial charge in [0.1, 0.15) is 11.0 Å². The monoisotopic (exact) mass is 359 g/mol. The van der Waals surface area contributed by atoms with Gasteiger partial charge in [0.15, 0.2) is 0 Å². The minimum Gasteiger partial charge on any atom is -0.276 e. The molecule has 0 saturated carbocycles. The highest BCUT2D eigenvalue weighted by Gasteiger charge is 2.20. The van der Waals surface area contributed by atoms with Crippen molar-refractivity contribution in [1.82, 2.24) is 8.75 Å². The van der Waals surface area contributed by atoms with Crippen LogP contribution in [0, 0.1) is 0 Å². The Labute approximate surface area is 134 Å². The number of hydrogen-bond acceptors (Lipinski definition) is 5. The molecule has 1 heterocycles. The molecule has 0 amide bonds. The Morgan fingerprint density at radius 1 is 1.00 bits per heavy atom. The molecule has 0 spiro atoms. The number of sulfonamides is 1. The van der Waals surface area contributed by atoms with E-state index < -0.39 is 10.0 Å². The lowest BCUT2D eigenvalue weighted by molar-refractivity contribution is 0.601. The lowest BCUT2D eigenvalue weighted by Crippen LogP contribution is -2.13. The molecule has 1 N–H and O–H groups in total. The molecule has 108 valence electrons. The first-order valence-electron chi connectivity index (χ1n) is 5.67. The van der Waals surface area contributed by atoms with Gasteiger partial charge in [0.25, 0.3) is 10.0 Å². The lowest BCUT2D eigenvalue weighted by atomic mass is 10.3. The van der Waals surface area contributed by atoms with E-state index in [0.29, 0.717) is 16.1 Å². The van der Waals surface area contributed by atoms with Crippen LogP contribution in [0.1, 0.15) is 0 Å². The lowest BCUT2D eigenvalue weighted by Gasteiger charge is -2.10. The number of benzene rings is 2. The fraction of sp³-hybridized carbons (Fsp3) is 0. The molecule has 3 rings (SSSR count). The summed E-state index contributed by atoms with van der Waals surface area (Å²) in [6, 6.07) is 9.42. The summed E-state index contributed by atoms with van der Waals surface area (Å²) in [5.74, 6) is 0. The Bertz CT molecular complexity index is 911. The van der Waals surface area contributed by atoms with Crippen molar-refractivity contribution in [2.24, 2.45) is 0 Å². The molecule has 0 fully saturated rings. The van der Waals surface area contributed by atoms with Gasteiger partial charge in [0.05, 0.1) is 32.4 Å². The second-order valence-corrected chi connectivity index (χ2v) is 7.12. The smallest absolute Gasteiger partial charge is 0.262 e. The average Bonchev–Trinajstić information content (AvgIpc) is 2.94. The summed E-state index contributed by atoms with van der Waals surface area (Å²) in [4.78, 5) is 0.132. The second kappa shape index (κ2) is 5.42. The molecule has 0 aliphatic rings. The second-order valence-electron chi connectivity index (χ2n) is 4.10. The predicted molar refractivity (Wildman–Crippen MR) is 84.7 cm³/mol. The van der Waals surface area contributed by atoms with Gasteiger partial charge >= 0.3 is 0 Å². The van der Waals surface area contributed by atoms with Crippen molar-refractivity contribution >= 4 is 61.7 Å². The molecule has 3 aromatic rings. The standard InChI is InChI=1S/C12H7Cl2N3O2S2/c13-8-6-9(14)11(12-10(8)15-20-16-12)17-21(18,19)7-4-2-1-3-5-7/h1-6,17H. The van der Waals surface area contributed by atoms with E-state index in [9.17, 15) is 8.42 Å². The number of rotatable bonds is 3. The molecule has 0 unspecified atom stereocenters. The van der Waals surface area contributed by atoms with Crippen molar-refractivity contribution < 1.29 is 8.42 Å². The fourth-order valence-electron chi connectivity index (χ4n) is 1.76. The summed E-state index contributed by atoms with van der Waals surface area (Å²) in [5, 5.41) is 0.492. The largest absolute Gasteiger partial charge is 0.276 e. The van der Waals surface area contributed by atoms with Crippen molar-refractivity contribution in [1.29, 1.82) is 0 Å². The molecule has 0 atom stereocenters. The van der Waals surface area contributed by atoms with E-state index in [-0.39, 0.29) is 15.6 Å². The molecule has 0 saturated heterocycles. The van der Waals surface area contributed by atoms with Crippen molar-refractivity contribution in [3.63, 3.8) is 0 Å². The van der Waals surface area contributed by atoms with E-state index in [2.05, 4.69) is 13.5 Å². The first kappa shape index (κ1) is 14.5. The highest BCUT2D eigenvalue weighted by molar-refractivity contribution is 7.92. The molecule has 0 aliphatic carbocycles. The van der Waals surface area contributed by atoms with Crippen LogP contribution in [0.4, 0.5) is 5.69 Å². The van der Waals surface area contributed by atoms with E-state index >= 15 is 0 Å². The van der Waals surface area contributed by atoms with Gasteiger partial charge in [-0.2, -0.15) is 8.75 Å². The van der Waals surface area contributed by atoms with Crippen molar-refractivity contribution in [3.8, 4) is 0 Å². The minimum absolute atomic E-state index is 0.132. The van der Waals surface area contributed by atoms with Crippen LogP contribution >= 0.6 is 34.9 Å². The fourth-order valence-corrected chi connectivity index (χ4v) is 4.09. The third-order valence-corrected chi connectivity index (χ3v) is 5.21. The van der Waals surface area contributed by atoms with Crippen LogP contribution in [-0.2, 0) is 10.0 Å². The van der Waals surface area contributed by atoms with Crippen LogP contribution in [-0.4, -0.2) is 17.2 Å². The molecule has 0 aliphatic heterocycles. The summed E-state index contributed by atoms with van der Waals surface area (Å²) in [6.45, 7) is 0. The SMILES string of the molecule is O=S(=O)(Nc1c(Cl)cc(Cl)c2nsnc12)c1ccccc1. The molecule has 21 heavy (non-hydrogen) atoms. The Morgan fingerprint density at radius 3 is 2.38 bits per heavy atom. The maximum absolute atomic E-state index is 12.4. The molecule has 5 nitrogen and oxygen atoms in total. The quantitative estimate of drug-likeness (QED) is 0.771. The Hall–Kier alpha value is -1.41. The van der Waals surface area contributed by atoms with E-state index in [1.54, 1.807) is 18.2 Å². The van der Waals surface area contributed by atoms with Gasteiger partial charge < -0.3 is 0 Å². The first-order valence-corrected chi connectivity index (χ1v) is 8.64. The third kappa shape index (κ3) is 2.69. The number of nitrogens with one attached hydrogen (secondary N) is 1. The molecular weight excluding hydrogens is 353 g/mol. The molecule has 2 aromatic carbocycles. The number of anilines is 1. The number of halogens is 2. The number of aromatic nitrogens is 2. The number of hydrogen-bond donors (Lipinski definition) is 1. The molecule has 0 radical (unpaired) electrons. The molecule has 1 aromatic heterocycles. The normalized spacial score (nSPS) is 11.7. The van der Waals surface area contributed by atoms with Crippen LogP contribution in [0.5, 0.6) is 0 Å². The number of nitrogens with zero attached hydrogens (tertiary/aromatic N) is 2. The molecule has 0 bridgehead atoms. The highest BCUT2D eigenvalue weighted by atomic mass is 35.5. The summed E-state index contributed by atoms with van der Waals surface area (Å²) >= 11 is 13.0. The predicted octanol–water partition coefficient (Wildman–Crippen LogP) is 3.80. The van der Waals surface area contributed by atoms with E-state index in [1.807, 2.05) is 0 Å². The number of fused-ring (bicyclic) bond motifs is 1. The zero-order chi connectivity index (χ0) is 15.0. The molecule has 9 heteroatoms. The summed E-state index contributed by atoms with van der Waals surface area (Å²) in [6.07, 6.45) is 0. The highest BCUT2D eigenvalue weighted by Crippen LogP contribution is 2.36. The minimum atomic E-state index is -3.76. The van der Waals surface area contributed by atoms with Gasteiger partial charge in [-0.3, -0.25) is 4.72 Å². The maximum atomic E-state index is 12.4. The van der Waals surface area contributed by atoms with Crippen LogP contribution in [0.2, 0.25) is 10.0 Å². The third-order valence-electron chi connectivity index (χ3n) is 2.73. The van der Waals surface area contributed by atoms with Crippen LogP contribution in [0.3, 0.4) is 0 Å². The molecular formula is C12H7Cl2N3O2S2. The van der Waals surface area contributed by atoms with Crippen molar-refractivity contribution in [2.45, 2.75) is 4.90 Å². The van der Waals surface area contributed by atoms with Gasteiger partial charge in [-0.05, 0) is 18.2 Å². The maximum Gasteiger partial charge on any atom is 0.262 e. The van der Waals surface area contributed by atoms with Crippen LogP contribution in [0.15, 0.2) is 41.3 Å². The topological polar surface area (TPSA) is 72.0 Å². The van der Waals surface area contributed by atoms with Gasteiger partial charge in [0.2, 0.25) is 0 Å². The average molecular weight is 360 g/mol. The van der Waals surface area contributed by atoms with Gasteiger partial charge in [-0.15, -0.1) is 0 Å². The summed E-state index contributed by atoms with van der Waals surface area (Å²) in [7, 11) is -3.76. The van der Waals surface area contributed by atoms with E-state index in [0.717, 1.165) is 11.7 Å². The van der Waals surface area contributed by atoms with Crippen LogP contribution < -0.4 is 4.72 Å².